The SMILES string of the molecule is CCN1/C(=C\C(C)=C\C2S/C(=C3\SC(=S)N(CC(=O)[O-])C3=O)N(CC(=O)[O-])C2=O)Sc2ccccc21. The summed E-state index contributed by atoms with van der Waals surface area (Å²) in [5.41, 5.74) is 1.89. The average molecular weight is 562 g/mol. The molecule has 4 rings (SSSR count). The molecule has 0 N–H and O–H groups in total. The Morgan fingerprint density at radius 2 is 1.72 bits per heavy atom. The van der Waals surface area contributed by atoms with Crippen molar-refractivity contribution in [2.75, 3.05) is 24.5 Å². The second-order valence-corrected chi connectivity index (χ2v) is 11.6. The fourth-order valence-corrected chi connectivity index (χ4v) is 7.77. The second kappa shape index (κ2) is 10.7. The quantitative estimate of drug-likeness (QED) is 0.348. The van der Waals surface area contributed by atoms with Gasteiger partial charge in [-0.05, 0) is 32.1 Å². The van der Waals surface area contributed by atoms with Crippen molar-refractivity contribution in [3.05, 3.63) is 57.0 Å². The number of carboxylic acids is 2. The largest absolute Gasteiger partial charge is 0.548 e. The van der Waals surface area contributed by atoms with Crippen LogP contribution < -0.4 is 15.1 Å². The predicted molar refractivity (Wildman–Crippen MR) is 139 cm³/mol. The second-order valence-electron chi connectivity index (χ2n) is 7.81. The van der Waals surface area contributed by atoms with Crippen molar-refractivity contribution in [1.29, 1.82) is 0 Å². The summed E-state index contributed by atoms with van der Waals surface area (Å²) in [7, 11) is 0. The van der Waals surface area contributed by atoms with Crippen molar-refractivity contribution in [3.63, 3.8) is 0 Å². The number of thioether (sulfide) groups is 3. The van der Waals surface area contributed by atoms with Crippen LogP contribution in [-0.2, 0) is 19.2 Å². The minimum absolute atomic E-state index is 0.00622. The van der Waals surface area contributed by atoms with Gasteiger partial charge in [-0.3, -0.25) is 19.4 Å². The number of nitrogens with zero attached hydrogens (tertiary/aromatic N) is 3. The van der Waals surface area contributed by atoms with Gasteiger partial charge in [0, 0.05) is 11.4 Å². The van der Waals surface area contributed by atoms with Crippen molar-refractivity contribution < 1.29 is 29.4 Å². The molecule has 1 atom stereocenters. The molecule has 2 saturated heterocycles. The number of anilines is 1. The molecule has 0 radical (unpaired) electrons. The van der Waals surface area contributed by atoms with Gasteiger partial charge in [0.2, 0.25) is 5.91 Å². The van der Waals surface area contributed by atoms with E-state index < -0.39 is 42.1 Å². The minimum atomic E-state index is -1.49. The number of carbonyl (C=O) groups is 4. The topological polar surface area (TPSA) is 124 Å². The van der Waals surface area contributed by atoms with Crippen molar-refractivity contribution in [2.45, 2.75) is 24.0 Å². The molecule has 36 heavy (non-hydrogen) atoms. The van der Waals surface area contributed by atoms with Crippen LogP contribution in [0.2, 0.25) is 0 Å². The fourth-order valence-electron chi connectivity index (χ4n) is 3.81. The zero-order valence-electron chi connectivity index (χ0n) is 19.1. The Labute approximate surface area is 225 Å². The zero-order chi connectivity index (χ0) is 26.1. The Kier molecular flexibility index (Phi) is 7.83. The molecule has 0 aromatic heterocycles. The summed E-state index contributed by atoms with van der Waals surface area (Å²) in [5, 5.41) is 22.7. The predicted octanol–water partition coefficient (Wildman–Crippen LogP) is 0.880. The smallest absolute Gasteiger partial charge is 0.269 e. The summed E-state index contributed by atoms with van der Waals surface area (Å²) in [5.74, 6) is -4.21. The number of carbonyl (C=O) groups excluding carboxylic acids is 4. The highest BCUT2D eigenvalue weighted by Gasteiger charge is 2.43. The third-order valence-electron chi connectivity index (χ3n) is 5.33. The monoisotopic (exact) mass is 561 g/mol. The maximum Gasteiger partial charge on any atom is 0.269 e. The maximum absolute atomic E-state index is 13.2. The van der Waals surface area contributed by atoms with Crippen molar-refractivity contribution in [3.8, 4) is 0 Å². The Hall–Kier alpha value is -2.74. The molecule has 2 fully saturated rings. The van der Waals surface area contributed by atoms with Gasteiger partial charge in [-0.25, -0.2) is 0 Å². The molecule has 0 spiro atoms. The van der Waals surface area contributed by atoms with Crippen LogP contribution in [0.3, 0.4) is 0 Å². The molecule has 0 aliphatic carbocycles. The lowest BCUT2D eigenvalue weighted by Crippen LogP contribution is -2.41. The normalized spacial score (nSPS) is 23.3. The molecule has 3 heterocycles. The van der Waals surface area contributed by atoms with E-state index in [9.17, 15) is 29.4 Å². The van der Waals surface area contributed by atoms with E-state index in [1.54, 1.807) is 17.8 Å². The molecule has 0 bridgehead atoms. The number of hydrogen-bond acceptors (Lipinski definition) is 11. The van der Waals surface area contributed by atoms with E-state index in [1.165, 1.54) is 0 Å². The first-order valence-corrected chi connectivity index (χ1v) is 13.6. The first-order chi connectivity index (χ1) is 17.1. The molecular weight excluding hydrogens is 543 g/mol. The third-order valence-corrected chi connectivity index (χ3v) is 9.25. The number of carboxylic acid groups (broad SMARTS) is 2. The minimum Gasteiger partial charge on any atom is -0.548 e. The lowest BCUT2D eigenvalue weighted by Gasteiger charge is -2.19. The molecule has 2 amide bonds. The summed E-state index contributed by atoms with van der Waals surface area (Å²) in [6.07, 6.45) is 3.68. The zero-order valence-corrected chi connectivity index (χ0v) is 22.4. The Balaban J connectivity index is 1.63. The van der Waals surface area contributed by atoms with Crippen LogP contribution >= 0.6 is 47.5 Å². The van der Waals surface area contributed by atoms with Crippen molar-refractivity contribution in [1.82, 2.24) is 9.80 Å². The van der Waals surface area contributed by atoms with E-state index in [1.807, 2.05) is 44.2 Å². The van der Waals surface area contributed by atoms with E-state index in [0.29, 0.717) is 0 Å². The van der Waals surface area contributed by atoms with Crippen LogP contribution in [0, 0.1) is 0 Å². The Morgan fingerprint density at radius 3 is 2.39 bits per heavy atom. The van der Waals surface area contributed by atoms with Gasteiger partial charge in [0.25, 0.3) is 5.91 Å². The van der Waals surface area contributed by atoms with Gasteiger partial charge in [-0.2, -0.15) is 0 Å². The van der Waals surface area contributed by atoms with Crippen LogP contribution in [-0.4, -0.2) is 62.8 Å². The van der Waals surface area contributed by atoms with Gasteiger partial charge < -0.3 is 24.7 Å². The maximum atomic E-state index is 13.2. The highest BCUT2D eigenvalue weighted by Crippen LogP contribution is 2.47. The molecule has 1 aromatic rings. The van der Waals surface area contributed by atoms with Crippen LogP contribution in [0.5, 0.6) is 0 Å². The number of thiocarbonyl (C=S) groups is 1. The number of amides is 2. The van der Waals surface area contributed by atoms with Crippen molar-refractivity contribution >= 4 is 81.3 Å². The van der Waals surface area contributed by atoms with Crippen LogP contribution in [0.25, 0.3) is 0 Å². The average Bonchev–Trinajstić information content (AvgIpc) is 3.40. The number of rotatable bonds is 7. The van der Waals surface area contributed by atoms with E-state index >= 15 is 0 Å². The van der Waals surface area contributed by atoms with E-state index in [0.717, 1.165) is 61.1 Å². The summed E-state index contributed by atoms with van der Waals surface area (Å²) in [6, 6.07) is 8.04. The molecular formula is C23H19N3O6S4-2. The highest BCUT2D eigenvalue weighted by molar-refractivity contribution is 8.27. The lowest BCUT2D eigenvalue weighted by atomic mass is 10.2. The molecule has 0 saturated carbocycles. The molecule has 13 heteroatoms. The molecule has 1 aromatic carbocycles. The van der Waals surface area contributed by atoms with E-state index in [4.69, 9.17) is 12.2 Å². The van der Waals surface area contributed by atoms with Gasteiger partial charge >= 0.3 is 0 Å². The van der Waals surface area contributed by atoms with Crippen LogP contribution in [0.4, 0.5) is 5.69 Å². The van der Waals surface area contributed by atoms with E-state index in [2.05, 4.69) is 4.90 Å². The summed E-state index contributed by atoms with van der Waals surface area (Å²) < 4.78 is -0.00876. The molecule has 1 unspecified atom stereocenters. The number of hydrogen-bond donors (Lipinski definition) is 0. The summed E-state index contributed by atoms with van der Waals surface area (Å²) in [6.45, 7) is 3.18. The first-order valence-electron chi connectivity index (χ1n) is 10.7. The Bertz CT molecular complexity index is 1270. The van der Waals surface area contributed by atoms with Gasteiger partial charge in [-0.1, -0.05) is 71.3 Å². The van der Waals surface area contributed by atoms with Crippen LogP contribution in [0.15, 0.2) is 61.8 Å². The van der Waals surface area contributed by atoms with Gasteiger partial charge in [0.15, 0.2) is 0 Å². The lowest BCUT2D eigenvalue weighted by molar-refractivity contribution is -0.306. The van der Waals surface area contributed by atoms with Gasteiger partial charge in [-0.15, -0.1) is 0 Å². The molecule has 3 aliphatic rings. The first kappa shape index (κ1) is 26.3. The summed E-state index contributed by atoms with van der Waals surface area (Å²) in [4.78, 5) is 53.5. The fraction of sp³-hybridized carbons (Fsp3) is 0.261. The number of aliphatic carboxylic acids is 2. The number of para-hydroxylation sites is 1. The Morgan fingerprint density at radius 1 is 1.06 bits per heavy atom. The number of allylic oxidation sites excluding steroid dienone is 2. The number of fused-ring (bicyclic) bond motifs is 1. The third kappa shape index (κ3) is 5.19. The van der Waals surface area contributed by atoms with Gasteiger partial charge in [0.1, 0.15) is 14.5 Å². The molecule has 188 valence electrons. The van der Waals surface area contributed by atoms with E-state index in [-0.39, 0.29) is 14.3 Å². The molecule has 3 aliphatic heterocycles. The number of benzene rings is 1. The molecule has 9 nitrogen and oxygen atoms in total. The van der Waals surface area contributed by atoms with Gasteiger partial charge in [0.05, 0.1) is 40.8 Å². The van der Waals surface area contributed by atoms with Crippen LogP contribution in [0.1, 0.15) is 13.8 Å². The standard InChI is InChI=1S/C23H21N3O6S4/c1-3-24-13-6-4-5-7-14(13)34-16(24)9-12(2)8-15-20(31)25(10-17(27)28)22(35-15)19-21(32)26(11-18(29)30)23(33)36-19/h4-9,15H,3,10-11H2,1-2H3,(H,27,28)(H,29,30)/p-2/b12-8+,16-9+,22-19-. The highest BCUT2D eigenvalue weighted by atomic mass is 32.2. The summed E-state index contributed by atoms with van der Waals surface area (Å²) >= 11 is 8.57. The van der Waals surface area contributed by atoms with Crippen molar-refractivity contribution in [2.24, 2.45) is 0 Å².